The molecule has 5 heteroatoms. The van der Waals surface area contributed by atoms with Gasteiger partial charge in [-0.05, 0) is 44.4 Å². The van der Waals surface area contributed by atoms with Crippen molar-refractivity contribution < 1.29 is 19.4 Å². The Labute approximate surface area is 149 Å². The number of nitrogens with zero attached hydrogens (tertiary/aromatic N) is 1. The first-order valence-corrected chi connectivity index (χ1v) is 9.35. The van der Waals surface area contributed by atoms with Gasteiger partial charge in [0.25, 0.3) is 0 Å². The lowest BCUT2D eigenvalue weighted by Crippen LogP contribution is -2.54. The molecule has 5 nitrogen and oxygen atoms in total. The third-order valence-electron chi connectivity index (χ3n) is 5.16. The number of morpholine rings is 1. The van der Waals surface area contributed by atoms with Crippen molar-refractivity contribution in [2.75, 3.05) is 19.8 Å². The van der Waals surface area contributed by atoms with Crippen LogP contribution in [-0.4, -0.2) is 53.9 Å². The summed E-state index contributed by atoms with van der Waals surface area (Å²) in [6.45, 7) is 5.71. The third-order valence-corrected chi connectivity index (χ3v) is 5.16. The normalized spacial score (nSPS) is 26.9. The van der Waals surface area contributed by atoms with Crippen molar-refractivity contribution in [2.24, 2.45) is 5.92 Å². The maximum atomic E-state index is 12.9. The summed E-state index contributed by atoms with van der Waals surface area (Å²) >= 11 is 0. The van der Waals surface area contributed by atoms with Crippen molar-refractivity contribution in [2.45, 2.75) is 57.8 Å². The highest BCUT2D eigenvalue weighted by atomic mass is 16.5. The highest BCUT2D eigenvalue weighted by Gasteiger charge is 2.39. The minimum Gasteiger partial charge on any atom is -0.491 e. The maximum Gasteiger partial charge on any atom is 0.227 e. The van der Waals surface area contributed by atoms with Crippen LogP contribution in [0, 0.1) is 5.92 Å². The molecule has 25 heavy (non-hydrogen) atoms. The molecule has 0 unspecified atom stereocenters. The summed E-state index contributed by atoms with van der Waals surface area (Å²) in [7, 11) is 0. The zero-order chi connectivity index (χ0) is 17.8. The fourth-order valence-corrected chi connectivity index (χ4v) is 3.94. The lowest BCUT2D eigenvalue weighted by atomic mass is 9.93. The monoisotopic (exact) mass is 347 g/mol. The van der Waals surface area contributed by atoms with Gasteiger partial charge < -0.3 is 19.5 Å². The molecule has 1 N–H and O–H groups in total. The number of aliphatic hydroxyl groups excluding tert-OH is 1. The predicted octanol–water partition coefficient (Wildman–Crippen LogP) is 2.40. The number of benzene rings is 1. The molecule has 0 bridgehead atoms. The second-order valence-corrected chi connectivity index (χ2v) is 7.38. The van der Waals surface area contributed by atoms with Gasteiger partial charge in [0.2, 0.25) is 5.91 Å². The van der Waals surface area contributed by atoms with E-state index >= 15 is 0 Å². The highest BCUT2D eigenvalue weighted by molar-refractivity contribution is 5.79. The topological polar surface area (TPSA) is 59.0 Å². The standard InChI is InChI=1S/C20H29NO4/c1-14(2)25-16-8-6-15(7-9-16)12-20(23)21-10-11-24-13-18(21)17-4-3-5-19(17)22/h6-9,14,17-19,22H,3-5,10-13H2,1-2H3/t17-,18+,19+/m0/s1. The Kier molecular flexibility index (Phi) is 5.97. The summed E-state index contributed by atoms with van der Waals surface area (Å²) in [5.74, 6) is 1.08. The van der Waals surface area contributed by atoms with Gasteiger partial charge in [0.15, 0.2) is 0 Å². The zero-order valence-corrected chi connectivity index (χ0v) is 15.2. The smallest absolute Gasteiger partial charge is 0.227 e. The summed E-state index contributed by atoms with van der Waals surface area (Å²) in [5, 5.41) is 10.2. The van der Waals surface area contributed by atoms with Crippen molar-refractivity contribution in [3.05, 3.63) is 29.8 Å². The fraction of sp³-hybridized carbons (Fsp3) is 0.650. The molecule has 2 aliphatic rings. The van der Waals surface area contributed by atoms with Crippen LogP contribution in [0.5, 0.6) is 5.75 Å². The minimum absolute atomic E-state index is 0.00213. The summed E-state index contributed by atoms with van der Waals surface area (Å²) in [4.78, 5) is 14.8. The number of hydrogen-bond donors (Lipinski definition) is 1. The first-order chi connectivity index (χ1) is 12.0. The molecule has 1 saturated carbocycles. The van der Waals surface area contributed by atoms with Gasteiger partial charge in [0.1, 0.15) is 5.75 Å². The Morgan fingerprint density at radius 1 is 1.32 bits per heavy atom. The Hall–Kier alpha value is -1.59. The van der Waals surface area contributed by atoms with E-state index in [0.717, 1.165) is 30.6 Å². The van der Waals surface area contributed by atoms with Crippen LogP contribution in [0.2, 0.25) is 0 Å². The number of aliphatic hydroxyl groups is 1. The van der Waals surface area contributed by atoms with E-state index in [1.165, 1.54) is 0 Å². The van der Waals surface area contributed by atoms with Crippen LogP contribution in [0.4, 0.5) is 0 Å². The lowest BCUT2D eigenvalue weighted by Gasteiger charge is -2.40. The molecule has 1 aromatic rings. The largest absolute Gasteiger partial charge is 0.491 e. The Bertz CT molecular complexity index is 572. The van der Waals surface area contributed by atoms with Gasteiger partial charge in [-0.25, -0.2) is 0 Å². The maximum absolute atomic E-state index is 12.9. The molecule has 1 heterocycles. The molecule has 138 valence electrons. The first-order valence-electron chi connectivity index (χ1n) is 9.35. The van der Waals surface area contributed by atoms with E-state index in [0.29, 0.717) is 26.2 Å². The molecule has 1 aliphatic heterocycles. The molecule has 3 rings (SSSR count). The Balaban J connectivity index is 1.64. The molecule has 0 radical (unpaired) electrons. The summed E-state index contributed by atoms with van der Waals surface area (Å²) in [6.07, 6.45) is 3.04. The van der Waals surface area contributed by atoms with Gasteiger partial charge in [-0.3, -0.25) is 4.79 Å². The van der Waals surface area contributed by atoms with Crippen molar-refractivity contribution in [3.8, 4) is 5.75 Å². The third kappa shape index (κ3) is 4.53. The quantitative estimate of drug-likeness (QED) is 0.889. The molecule has 0 aromatic heterocycles. The van der Waals surface area contributed by atoms with E-state index in [1.54, 1.807) is 0 Å². The summed E-state index contributed by atoms with van der Waals surface area (Å²) in [5.41, 5.74) is 0.985. The first kappa shape index (κ1) is 18.2. The van der Waals surface area contributed by atoms with Gasteiger partial charge >= 0.3 is 0 Å². The van der Waals surface area contributed by atoms with Crippen LogP contribution in [0.3, 0.4) is 0 Å². The number of ether oxygens (including phenoxy) is 2. The molecule has 0 spiro atoms. The predicted molar refractivity (Wildman–Crippen MR) is 95.6 cm³/mol. The van der Waals surface area contributed by atoms with Crippen molar-refractivity contribution in [1.82, 2.24) is 4.90 Å². The molecule has 1 aromatic carbocycles. The van der Waals surface area contributed by atoms with Crippen LogP contribution in [-0.2, 0) is 16.0 Å². The zero-order valence-electron chi connectivity index (χ0n) is 15.2. The van der Waals surface area contributed by atoms with E-state index in [1.807, 2.05) is 43.0 Å². The van der Waals surface area contributed by atoms with E-state index in [2.05, 4.69) is 0 Å². The fourth-order valence-electron chi connectivity index (χ4n) is 3.94. The average Bonchev–Trinajstić information content (AvgIpc) is 3.02. The van der Waals surface area contributed by atoms with Crippen LogP contribution in [0.25, 0.3) is 0 Å². The van der Waals surface area contributed by atoms with Crippen LogP contribution < -0.4 is 4.74 Å². The molecular formula is C20H29NO4. The van der Waals surface area contributed by atoms with Crippen LogP contribution in [0.15, 0.2) is 24.3 Å². The number of carbonyl (C=O) groups excluding carboxylic acids is 1. The number of hydrogen-bond acceptors (Lipinski definition) is 4. The van der Waals surface area contributed by atoms with Crippen LogP contribution in [0.1, 0.15) is 38.7 Å². The van der Waals surface area contributed by atoms with E-state index in [4.69, 9.17) is 9.47 Å². The minimum atomic E-state index is -0.311. The van der Waals surface area contributed by atoms with Gasteiger partial charge in [-0.1, -0.05) is 18.6 Å². The molecule has 1 aliphatic carbocycles. The van der Waals surface area contributed by atoms with E-state index < -0.39 is 0 Å². The second kappa shape index (κ2) is 8.19. The van der Waals surface area contributed by atoms with E-state index in [-0.39, 0.29) is 30.1 Å². The summed E-state index contributed by atoms with van der Waals surface area (Å²) in [6, 6.07) is 7.74. The van der Waals surface area contributed by atoms with Gasteiger partial charge in [0, 0.05) is 12.5 Å². The lowest BCUT2D eigenvalue weighted by molar-refractivity contribution is -0.143. The second-order valence-electron chi connectivity index (χ2n) is 7.38. The SMILES string of the molecule is CC(C)Oc1ccc(CC(=O)N2CCOC[C@@H]2[C@@H]2CCC[C@H]2O)cc1. The molecule has 1 saturated heterocycles. The Morgan fingerprint density at radius 3 is 2.72 bits per heavy atom. The van der Waals surface area contributed by atoms with Crippen LogP contribution >= 0.6 is 0 Å². The number of amides is 1. The van der Waals surface area contributed by atoms with E-state index in [9.17, 15) is 9.90 Å². The van der Waals surface area contributed by atoms with Gasteiger partial charge in [-0.15, -0.1) is 0 Å². The van der Waals surface area contributed by atoms with Gasteiger partial charge in [-0.2, -0.15) is 0 Å². The molecule has 1 amide bonds. The highest BCUT2D eigenvalue weighted by Crippen LogP contribution is 2.32. The Morgan fingerprint density at radius 2 is 2.08 bits per heavy atom. The van der Waals surface area contributed by atoms with Crippen molar-refractivity contribution in [1.29, 1.82) is 0 Å². The van der Waals surface area contributed by atoms with Gasteiger partial charge in [0.05, 0.1) is 37.9 Å². The average molecular weight is 347 g/mol. The molecular weight excluding hydrogens is 318 g/mol. The van der Waals surface area contributed by atoms with Crippen molar-refractivity contribution >= 4 is 5.91 Å². The number of carbonyl (C=O) groups is 1. The molecule has 3 atom stereocenters. The molecule has 2 fully saturated rings. The number of rotatable bonds is 5. The summed E-state index contributed by atoms with van der Waals surface area (Å²) < 4.78 is 11.3. The van der Waals surface area contributed by atoms with Crippen molar-refractivity contribution in [3.63, 3.8) is 0 Å².